The summed E-state index contributed by atoms with van der Waals surface area (Å²) in [4.78, 5) is 22.2. The van der Waals surface area contributed by atoms with Gasteiger partial charge < -0.3 is 19.8 Å². The summed E-state index contributed by atoms with van der Waals surface area (Å²) in [5.74, 6) is -0.241. The number of likely N-dealkylation sites (N-methyl/N-ethyl adjacent to an activating group) is 1. The molecule has 8 nitrogen and oxygen atoms in total. The van der Waals surface area contributed by atoms with Gasteiger partial charge in [-0.1, -0.05) is 134 Å². The number of hydrogen-bond donors (Lipinski definition) is 3. The van der Waals surface area contributed by atoms with Gasteiger partial charge in [-0.3, -0.25) is 13.8 Å². The van der Waals surface area contributed by atoms with E-state index in [0.717, 1.165) is 19.3 Å². The van der Waals surface area contributed by atoms with Crippen LogP contribution in [0.3, 0.4) is 0 Å². The second-order valence-electron chi connectivity index (χ2n) is 13.6. The predicted octanol–water partition coefficient (Wildman–Crippen LogP) is 9.02. The molecule has 0 rings (SSSR count). The lowest BCUT2D eigenvalue weighted by molar-refractivity contribution is -0.870. The standard InChI is InChI=1S/C36H71N2O6P/c1-6-8-9-10-11-12-13-14-15-16-17-18-19-20-21-22-23-24-25-26-27-28-30-35(39)34(37-36(40)29-7-2)33-44-45(41,42)43-32-31-38(3,4)5/h24-25,28,30,34-35,39H,6-23,26-27,29,31-33H2,1-5H3,(H-,37,40,41,42)/p+1/b25-24+,30-28+. The van der Waals surface area contributed by atoms with Crippen LogP contribution < -0.4 is 5.32 Å². The van der Waals surface area contributed by atoms with Crippen LogP contribution >= 0.6 is 7.82 Å². The Labute approximate surface area is 277 Å². The molecule has 0 aromatic heterocycles. The molecule has 0 spiro atoms. The largest absolute Gasteiger partial charge is 0.472 e. The molecule has 0 aromatic rings. The molecule has 0 aromatic carbocycles. The Hall–Kier alpha value is -1.02. The fourth-order valence-electron chi connectivity index (χ4n) is 4.98. The lowest BCUT2D eigenvalue weighted by Crippen LogP contribution is -2.45. The van der Waals surface area contributed by atoms with Crippen LogP contribution in [0, 0.1) is 0 Å². The van der Waals surface area contributed by atoms with Crippen LogP contribution in [-0.4, -0.2) is 73.4 Å². The molecule has 3 N–H and O–H groups in total. The number of phosphoric ester groups is 1. The van der Waals surface area contributed by atoms with Crippen molar-refractivity contribution in [3.8, 4) is 0 Å². The van der Waals surface area contributed by atoms with E-state index in [0.29, 0.717) is 23.9 Å². The summed E-state index contributed by atoms with van der Waals surface area (Å²) in [5.41, 5.74) is 0. The molecule has 0 fully saturated rings. The van der Waals surface area contributed by atoms with Gasteiger partial charge in [0.15, 0.2) is 0 Å². The molecule has 0 aliphatic carbocycles. The maximum absolute atomic E-state index is 12.3. The van der Waals surface area contributed by atoms with Crippen LogP contribution in [0.4, 0.5) is 0 Å². The van der Waals surface area contributed by atoms with Crippen LogP contribution in [0.15, 0.2) is 24.3 Å². The molecule has 266 valence electrons. The normalized spacial score (nSPS) is 15.1. The van der Waals surface area contributed by atoms with E-state index in [1.165, 1.54) is 103 Å². The van der Waals surface area contributed by atoms with E-state index in [-0.39, 0.29) is 19.1 Å². The topological polar surface area (TPSA) is 105 Å². The SMILES string of the molecule is CCCCCCCCCCCCCCCCCC/C=C/CC/C=C/C(O)C(COP(=O)(O)OCC[N+](C)(C)C)NC(=O)CCC. The zero-order valence-corrected chi connectivity index (χ0v) is 30.8. The fraction of sp³-hybridized carbons (Fsp3) is 0.861. The van der Waals surface area contributed by atoms with Crippen molar-refractivity contribution >= 4 is 13.7 Å². The molecule has 3 unspecified atom stereocenters. The zero-order valence-electron chi connectivity index (χ0n) is 29.9. The summed E-state index contributed by atoms with van der Waals surface area (Å²) in [6.45, 7) is 4.42. The fourth-order valence-corrected chi connectivity index (χ4v) is 5.72. The van der Waals surface area contributed by atoms with Gasteiger partial charge in [0, 0.05) is 6.42 Å². The highest BCUT2D eigenvalue weighted by molar-refractivity contribution is 7.47. The van der Waals surface area contributed by atoms with Crippen molar-refractivity contribution in [3.63, 3.8) is 0 Å². The molecule has 1 amide bonds. The molecule has 0 aliphatic rings. The van der Waals surface area contributed by atoms with Crippen molar-refractivity contribution in [1.82, 2.24) is 5.32 Å². The number of nitrogens with one attached hydrogen (secondary N) is 1. The molecule has 0 bridgehead atoms. The first-order valence-corrected chi connectivity index (χ1v) is 19.7. The van der Waals surface area contributed by atoms with Gasteiger partial charge in [0.25, 0.3) is 0 Å². The number of amides is 1. The molecule has 0 radical (unpaired) electrons. The van der Waals surface area contributed by atoms with Crippen molar-refractivity contribution in [2.45, 2.75) is 161 Å². The number of unbranched alkanes of at least 4 members (excludes halogenated alkanes) is 17. The van der Waals surface area contributed by atoms with Gasteiger partial charge >= 0.3 is 7.82 Å². The van der Waals surface area contributed by atoms with Gasteiger partial charge in [-0.15, -0.1) is 0 Å². The Kier molecular flexibility index (Phi) is 28.5. The highest BCUT2D eigenvalue weighted by Gasteiger charge is 2.27. The maximum Gasteiger partial charge on any atom is 0.472 e. The van der Waals surface area contributed by atoms with E-state index in [1.807, 2.05) is 34.1 Å². The quantitative estimate of drug-likeness (QED) is 0.0288. The minimum Gasteiger partial charge on any atom is -0.387 e. The lowest BCUT2D eigenvalue weighted by atomic mass is 10.0. The minimum absolute atomic E-state index is 0.0551. The van der Waals surface area contributed by atoms with Gasteiger partial charge in [-0.05, 0) is 32.1 Å². The first kappa shape index (κ1) is 44.0. The minimum atomic E-state index is -4.31. The Morgan fingerprint density at radius 3 is 1.73 bits per heavy atom. The highest BCUT2D eigenvalue weighted by Crippen LogP contribution is 2.43. The number of nitrogens with zero attached hydrogens (tertiary/aromatic N) is 1. The number of phosphoric acid groups is 1. The third-order valence-electron chi connectivity index (χ3n) is 7.89. The second kappa shape index (κ2) is 29.1. The van der Waals surface area contributed by atoms with Crippen LogP contribution in [0.1, 0.15) is 149 Å². The summed E-state index contributed by atoms with van der Waals surface area (Å²) in [7, 11) is 1.55. The third kappa shape index (κ3) is 31.4. The average molecular weight is 660 g/mol. The molecule has 45 heavy (non-hydrogen) atoms. The summed E-state index contributed by atoms with van der Waals surface area (Å²) in [6.07, 6.45) is 32.7. The monoisotopic (exact) mass is 660 g/mol. The van der Waals surface area contributed by atoms with Gasteiger partial charge in [0.1, 0.15) is 13.2 Å². The van der Waals surface area contributed by atoms with E-state index >= 15 is 0 Å². The van der Waals surface area contributed by atoms with Gasteiger partial charge in [-0.2, -0.15) is 0 Å². The highest BCUT2D eigenvalue weighted by atomic mass is 31.2. The van der Waals surface area contributed by atoms with E-state index in [9.17, 15) is 19.4 Å². The molecular formula is C36H72N2O6P+. The number of aliphatic hydroxyl groups is 1. The van der Waals surface area contributed by atoms with E-state index in [1.54, 1.807) is 6.08 Å². The van der Waals surface area contributed by atoms with Crippen LogP contribution in [0.2, 0.25) is 0 Å². The molecule has 3 atom stereocenters. The molecular weight excluding hydrogens is 587 g/mol. The number of quaternary nitrogens is 1. The van der Waals surface area contributed by atoms with Crippen LogP contribution in [0.25, 0.3) is 0 Å². The number of allylic oxidation sites excluding steroid dienone is 3. The predicted molar refractivity (Wildman–Crippen MR) is 189 cm³/mol. The van der Waals surface area contributed by atoms with Crippen molar-refractivity contribution in [2.24, 2.45) is 0 Å². The van der Waals surface area contributed by atoms with Crippen molar-refractivity contribution in [1.29, 1.82) is 0 Å². The number of rotatable bonds is 32. The Morgan fingerprint density at radius 2 is 1.22 bits per heavy atom. The van der Waals surface area contributed by atoms with Gasteiger partial charge in [0.05, 0.1) is 39.9 Å². The summed E-state index contributed by atoms with van der Waals surface area (Å²) in [5, 5.41) is 13.4. The second-order valence-corrected chi connectivity index (χ2v) is 15.0. The maximum atomic E-state index is 12.3. The number of hydrogen-bond acceptors (Lipinski definition) is 5. The smallest absolute Gasteiger partial charge is 0.387 e. The van der Waals surface area contributed by atoms with Gasteiger partial charge in [-0.25, -0.2) is 4.57 Å². The Balaban J connectivity index is 4.04. The van der Waals surface area contributed by atoms with Crippen LogP contribution in [0.5, 0.6) is 0 Å². The summed E-state index contributed by atoms with van der Waals surface area (Å²) < 4.78 is 23.0. The molecule has 0 heterocycles. The molecule has 0 saturated heterocycles. The summed E-state index contributed by atoms with van der Waals surface area (Å²) in [6, 6.07) is -0.854. The molecule has 0 aliphatic heterocycles. The van der Waals surface area contributed by atoms with Gasteiger partial charge in [0.2, 0.25) is 5.91 Å². The van der Waals surface area contributed by atoms with E-state index in [2.05, 4.69) is 24.4 Å². The molecule has 9 heteroatoms. The lowest BCUT2D eigenvalue weighted by Gasteiger charge is -2.25. The first-order chi connectivity index (χ1) is 21.5. The van der Waals surface area contributed by atoms with Crippen molar-refractivity contribution in [3.05, 3.63) is 24.3 Å². The van der Waals surface area contributed by atoms with E-state index < -0.39 is 20.0 Å². The average Bonchev–Trinajstić information content (AvgIpc) is 2.97. The Bertz CT molecular complexity index is 799. The zero-order chi connectivity index (χ0) is 33.7. The first-order valence-electron chi connectivity index (χ1n) is 18.2. The Morgan fingerprint density at radius 1 is 0.733 bits per heavy atom. The third-order valence-corrected chi connectivity index (χ3v) is 8.88. The van der Waals surface area contributed by atoms with E-state index in [4.69, 9.17) is 9.05 Å². The number of aliphatic hydroxyl groups excluding tert-OH is 1. The molecule has 0 saturated carbocycles. The number of carbonyl (C=O) groups is 1. The van der Waals surface area contributed by atoms with Crippen molar-refractivity contribution < 1.29 is 32.9 Å². The number of carbonyl (C=O) groups excluding carboxylic acids is 1. The summed E-state index contributed by atoms with van der Waals surface area (Å²) >= 11 is 0. The van der Waals surface area contributed by atoms with Crippen LogP contribution in [-0.2, 0) is 18.4 Å². The van der Waals surface area contributed by atoms with Crippen molar-refractivity contribution in [2.75, 3.05) is 40.9 Å².